The van der Waals surface area contributed by atoms with Crippen molar-refractivity contribution in [2.75, 3.05) is 25.5 Å². The highest BCUT2D eigenvalue weighted by molar-refractivity contribution is 5.94. The fourth-order valence-corrected chi connectivity index (χ4v) is 3.98. The van der Waals surface area contributed by atoms with E-state index in [2.05, 4.69) is 53.6 Å². The Morgan fingerprint density at radius 1 is 0.900 bits per heavy atom. The average molecular weight is 406 g/mol. The van der Waals surface area contributed by atoms with E-state index in [9.17, 15) is 9.59 Å². The van der Waals surface area contributed by atoms with Crippen LogP contribution in [0.25, 0.3) is 0 Å². The summed E-state index contributed by atoms with van der Waals surface area (Å²) in [6.07, 6.45) is 1.91. The SMILES string of the molecule is CC(C)c1ccc([C@@H](NC(=O)C2CC2)c2ccccc2NC(=O)C2CN(C)C2)cc1. The summed E-state index contributed by atoms with van der Waals surface area (Å²) in [5.41, 5.74) is 3.98. The zero-order valence-corrected chi connectivity index (χ0v) is 18.0. The van der Waals surface area contributed by atoms with Crippen LogP contribution in [0.4, 0.5) is 5.69 Å². The van der Waals surface area contributed by atoms with Gasteiger partial charge in [0, 0.05) is 30.3 Å². The number of hydrogen-bond donors (Lipinski definition) is 2. The first-order valence-electron chi connectivity index (χ1n) is 10.9. The van der Waals surface area contributed by atoms with Gasteiger partial charge in [-0.3, -0.25) is 9.59 Å². The fraction of sp³-hybridized carbons (Fsp3) is 0.440. The maximum absolute atomic E-state index is 12.7. The van der Waals surface area contributed by atoms with Crippen LogP contribution >= 0.6 is 0 Å². The van der Waals surface area contributed by atoms with E-state index in [0.29, 0.717) is 5.92 Å². The zero-order chi connectivity index (χ0) is 21.3. The maximum atomic E-state index is 12.7. The molecule has 5 nitrogen and oxygen atoms in total. The molecule has 1 aliphatic heterocycles. The molecule has 30 heavy (non-hydrogen) atoms. The highest BCUT2D eigenvalue weighted by Gasteiger charge is 2.33. The maximum Gasteiger partial charge on any atom is 0.230 e. The van der Waals surface area contributed by atoms with Crippen LogP contribution in [0.5, 0.6) is 0 Å². The van der Waals surface area contributed by atoms with E-state index in [0.717, 1.165) is 42.7 Å². The second-order valence-corrected chi connectivity index (χ2v) is 9.03. The summed E-state index contributed by atoms with van der Waals surface area (Å²) in [7, 11) is 2.02. The van der Waals surface area contributed by atoms with Crippen molar-refractivity contribution in [3.05, 3.63) is 65.2 Å². The molecule has 0 unspecified atom stereocenters. The molecule has 0 bridgehead atoms. The first-order chi connectivity index (χ1) is 14.4. The Kier molecular flexibility index (Phi) is 5.91. The monoisotopic (exact) mass is 405 g/mol. The van der Waals surface area contributed by atoms with E-state index in [4.69, 9.17) is 0 Å². The highest BCUT2D eigenvalue weighted by atomic mass is 16.2. The van der Waals surface area contributed by atoms with Crippen molar-refractivity contribution in [3.8, 4) is 0 Å². The lowest BCUT2D eigenvalue weighted by molar-refractivity contribution is -0.124. The minimum atomic E-state index is -0.292. The highest BCUT2D eigenvalue weighted by Crippen LogP contribution is 2.34. The lowest BCUT2D eigenvalue weighted by atomic mass is 9.93. The Labute approximate surface area is 178 Å². The van der Waals surface area contributed by atoms with E-state index in [-0.39, 0.29) is 29.7 Å². The van der Waals surface area contributed by atoms with Crippen LogP contribution in [0.15, 0.2) is 48.5 Å². The first-order valence-corrected chi connectivity index (χ1v) is 10.9. The molecule has 0 aromatic heterocycles. The van der Waals surface area contributed by atoms with Crippen LogP contribution in [-0.4, -0.2) is 36.9 Å². The molecular formula is C25H31N3O2. The van der Waals surface area contributed by atoms with Gasteiger partial charge in [-0.2, -0.15) is 0 Å². The van der Waals surface area contributed by atoms with Crippen molar-refractivity contribution in [3.63, 3.8) is 0 Å². The van der Waals surface area contributed by atoms with Crippen molar-refractivity contribution < 1.29 is 9.59 Å². The van der Waals surface area contributed by atoms with Crippen LogP contribution in [0.3, 0.4) is 0 Å². The van der Waals surface area contributed by atoms with Gasteiger partial charge in [0.1, 0.15) is 0 Å². The molecule has 1 heterocycles. The van der Waals surface area contributed by atoms with Crippen molar-refractivity contribution in [2.24, 2.45) is 11.8 Å². The van der Waals surface area contributed by atoms with Gasteiger partial charge < -0.3 is 15.5 Å². The number of carbonyl (C=O) groups is 2. The number of benzene rings is 2. The summed E-state index contributed by atoms with van der Waals surface area (Å²) < 4.78 is 0. The molecule has 2 aliphatic rings. The van der Waals surface area contributed by atoms with E-state index in [1.807, 2.05) is 31.3 Å². The summed E-state index contributed by atoms with van der Waals surface area (Å²) in [5.74, 6) is 0.728. The van der Waals surface area contributed by atoms with Gasteiger partial charge in [0.2, 0.25) is 11.8 Å². The van der Waals surface area contributed by atoms with Gasteiger partial charge in [0.15, 0.2) is 0 Å². The number of likely N-dealkylation sites (tertiary alicyclic amines) is 1. The molecule has 2 aromatic rings. The fourth-order valence-electron chi connectivity index (χ4n) is 3.98. The minimum Gasteiger partial charge on any atom is -0.345 e. The normalized spacial score (nSPS) is 18.0. The third-order valence-electron chi connectivity index (χ3n) is 6.14. The Bertz CT molecular complexity index is 912. The molecule has 158 valence electrons. The molecule has 1 atom stereocenters. The van der Waals surface area contributed by atoms with Gasteiger partial charge in [-0.15, -0.1) is 0 Å². The summed E-state index contributed by atoms with van der Waals surface area (Å²) in [4.78, 5) is 27.5. The number of hydrogen-bond acceptors (Lipinski definition) is 3. The Balaban J connectivity index is 1.62. The lowest BCUT2D eigenvalue weighted by Gasteiger charge is -2.35. The topological polar surface area (TPSA) is 61.4 Å². The Hall–Kier alpha value is -2.66. The molecule has 1 aliphatic carbocycles. The number of carbonyl (C=O) groups excluding carboxylic acids is 2. The second-order valence-electron chi connectivity index (χ2n) is 9.03. The van der Waals surface area contributed by atoms with E-state index in [1.54, 1.807) is 0 Å². The molecule has 4 rings (SSSR count). The number of amides is 2. The van der Waals surface area contributed by atoms with Gasteiger partial charge in [-0.05, 0) is 43.0 Å². The van der Waals surface area contributed by atoms with E-state index >= 15 is 0 Å². The number of nitrogens with one attached hydrogen (secondary N) is 2. The Morgan fingerprint density at radius 2 is 1.53 bits per heavy atom. The summed E-state index contributed by atoms with van der Waals surface area (Å²) in [6, 6.07) is 15.9. The summed E-state index contributed by atoms with van der Waals surface area (Å²) in [5, 5.41) is 6.35. The van der Waals surface area contributed by atoms with E-state index < -0.39 is 0 Å². The number of nitrogens with zero attached hydrogens (tertiary/aromatic N) is 1. The molecular weight excluding hydrogens is 374 g/mol. The van der Waals surface area contributed by atoms with Crippen LogP contribution in [0.2, 0.25) is 0 Å². The standard InChI is InChI=1S/C25H31N3O2/c1-16(2)17-8-10-18(11-9-17)23(27-24(29)19-12-13-19)21-6-4-5-7-22(21)26-25(30)20-14-28(3)15-20/h4-11,16,19-20,23H,12-15H2,1-3H3,(H,26,30)(H,27,29)/t23-/m1/s1. The molecule has 5 heteroatoms. The quantitative estimate of drug-likeness (QED) is 0.734. The summed E-state index contributed by atoms with van der Waals surface area (Å²) in [6.45, 7) is 5.91. The molecule has 2 N–H and O–H groups in total. The van der Waals surface area contributed by atoms with Crippen LogP contribution in [0.1, 0.15) is 55.3 Å². The second kappa shape index (κ2) is 8.60. The molecule has 2 amide bonds. The van der Waals surface area contributed by atoms with Gasteiger partial charge >= 0.3 is 0 Å². The van der Waals surface area contributed by atoms with Gasteiger partial charge in [0.05, 0.1) is 12.0 Å². The van der Waals surface area contributed by atoms with Crippen molar-refractivity contribution >= 4 is 17.5 Å². The number of para-hydroxylation sites is 1. The number of rotatable bonds is 7. The van der Waals surface area contributed by atoms with Gasteiger partial charge in [-0.1, -0.05) is 56.3 Å². The third-order valence-corrected chi connectivity index (χ3v) is 6.14. The molecule has 1 saturated carbocycles. The molecule has 0 spiro atoms. The largest absolute Gasteiger partial charge is 0.345 e. The third kappa shape index (κ3) is 4.57. The lowest BCUT2D eigenvalue weighted by Crippen LogP contribution is -2.49. The van der Waals surface area contributed by atoms with Crippen LogP contribution in [-0.2, 0) is 9.59 Å². The number of anilines is 1. The zero-order valence-electron chi connectivity index (χ0n) is 18.0. The summed E-state index contributed by atoms with van der Waals surface area (Å²) >= 11 is 0. The first kappa shape index (κ1) is 20.6. The van der Waals surface area contributed by atoms with E-state index in [1.165, 1.54) is 5.56 Å². The Morgan fingerprint density at radius 3 is 2.13 bits per heavy atom. The van der Waals surface area contributed by atoms with Gasteiger partial charge in [0.25, 0.3) is 0 Å². The average Bonchev–Trinajstić information content (AvgIpc) is 3.55. The predicted octanol–water partition coefficient (Wildman–Crippen LogP) is 3.93. The molecule has 0 radical (unpaired) electrons. The molecule has 2 fully saturated rings. The van der Waals surface area contributed by atoms with Crippen LogP contribution < -0.4 is 10.6 Å². The van der Waals surface area contributed by atoms with Crippen molar-refractivity contribution in [1.29, 1.82) is 0 Å². The molecule has 2 aromatic carbocycles. The van der Waals surface area contributed by atoms with Gasteiger partial charge in [-0.25, -0.2) is 0 Å². The smallest absolute Gasteiger partial charge is 0.230 e. The minimum absolute atomic E-state index is 0.0212. The van der Waals surface area contributed by atoms with Crippen LogP contribution in [0, 0.1) is 11.8 Å². The van der Waals surface area contributed by atoms with Crippen molar-refractivity contribution in [1.82, 2.24) is 10.2 Å². The molecule has 1 saturated heterocycles. The predicted molar refractivity (Wildman–Crippen MR) is 119 cm³/mol. The van der Waals surface area contributed by atoms with Crippen molar-refractivity contribution in [2.45, 2.75) is 38.6 Å².